The third-order valence-electron chi connectivity index (χ3n) is 3.56. The van der Waals surface area contributed by atoms with E-state index in [1.54, 1.807) is 6.20 Å². The molecule has 28 heavy (non-hydrogen) atoms. The zero-order valence-corrected chi connectivity index (χ0v) is 18.2. The van der Waals surface area contributed by atoms with Gasteiger partial charge in [0.25, 0.3) is 0 Å². The molecule has 0 saturated heterocycles. The fraction of sp³-hybridized carbons (Fsp3) is 0.350. The van der Waals surface area contributed by atoms with Crippen LogP contribution in [0.5, 0.6) is 0 Å². The summed E-state index contributed by atoms with van der Waals surface area (Å²) in [4.78, 5) is 3.11. The number of aromatic amines is 1. The molecule has 4 N–H and O–H groups in total. The molecule has 2 unspecified atom stereocenters. The number of hydrogen-bond donors (Lipinski definition) is 4. The second-order valence-corrected chi connectivity index (χ2v) is 6.28. The molecule has 0 aliphatic carbocycles. The summed E-state index contributed by atoms with van der Waals surface area (Å²) in [6.07, 6.45) is 4.46. The van der Waals surface area contributed by atoms with Crippen molar-refractivity contribution >= 4 is 25.8 Å². The summed E-state index contributed by atoms with van der Waals surface area (Å²) < 4.78 is 17.7. The molecule has 0 spiro atoms. The average Bonchev–Trinajstić information content (AvgIpc) is 3.16. The molecule has 6 nitrogen and oxygen atoms in total. The number of H-pyrrole nitrogens is 1. The molecule has 8 heteroatoms. The number of halogens is 1. The molecular formula is C20H30FN4O2P. The molecule has 0 saturated carbocycles. The van der Waals surface area contributed by atoms with Crippen LogP contribution in [0.2, 0.25) is 0 Å². The van der Waals surface area contributed by atoms with E-state index in [2.05, 4.69) is 28.3 Å². The number of fused-ring (bicyclic) bond motifs is 1. The Hall–Kier alpha value is -2.55. The Bertz CT molecular complexity index is 825. The van der Waals surface area contributed by atoms with Crippen LogP contribution in [0.3, 0.4) is 0 Å². The minimum Gasteiger partial charge on any atom is -0.495 e. The standard InChI is InChI=1S/C11H11N3.C7H13FNO2P.C2H6/c1-7-3-4-9(13-2)11-10(7)8(5-12)6-14-11;1-3-6(11-2)4-9-7(8,12)5-10;1-2/h3-4,6,13-14H,1-2H3;3-4,9-10H,1,5,12H2,2H3;1-2H3/b;6-4+;. The quantitative estimate of drug-likeness (QED) is 0.249. The van der Waals surface area contributed by atoms with Crippen molar-refractivity contribution in [3.05, 3.63) is 54.1 Å². The van der Waals surface area contributed by atoms with Crippen molar-refractivity contribution in [3.8, 4) is 6.07 Å². The number of alkyl halides is 1. The van der Waals surface area contributed by atoms with Gasteiger partial charge in [0.15, 0.2) is 0 Å². The first-order valence-corrected chi connectivity index (χ1v) is 9.32. The van der Waals surface area contributed by atoms with Crippen LogP contribution in [0.15, 0.2) is 42.9 Å². The van der Waals surface area contributed by atoms with Gasteiger partial charge in [0.2, 0.25) is 5.53 Å². The summed E-state index contributed by atoms with van der Waals surface area (Å²) in [5, 5.41) is 23.8. The Balaban J connectivity index is 0.000000485. The van der Waals surface area contributed by atoms with Gasteiger partial charge >= 0.3 is 0 Å². The van der Waals surface area contributed by atoms with Crippen molar-refractivity contribution < 1.29 is 14.2 Å². The number of ether oxygens (including phenoxy) is 1. The normalized spacial score (nSPS) is 12.3. The highest BCUT2D eigenvalue weighted by atomic mass is 31.0. The topological polar surface area (TPSA) is 93.1 Å². The van der Waals surface area contributed by atoms with Gasteiger partial charge in [-0.1, -0.05) is 35.7 Å². The number of anilines is 1. The van der Waals surface area contributed by atoms with Crippen LogP contribution < -0.4 is 10.6 Å². The van der Waals surface area contributed by atoms with Gasteiger partial charge in [0.1, 0.15) is 11.8 Å². The van der Waals surface area contributed by atoms with Crippen LogP contribution >= 0.6 is 9.24 Å². The number of methoxy groups -OCH3 is 1. The molecule has 0 aliphatic rings. The van der Waals surface area contributed by atoms with Gasteiger partial charge < -0.3 is 25.5 Å². The summed E-state index contributed by atoms with van der Waals surface area (Å²) in [6.45, 7) is 8.81. The van der Waals surface area contributed by atoms with Crippen LogP contribution in [0, 0.1) is 18.3 Å². The first kappa shape index (κ1) is 25.4. The Morgan fingerprint density at radius 1 is 1.50 bits per heavy atom. The van der Waals surface area contributed by atoms with Gasteiger partial charge in [0, 0.05) is 24.8 Å². The molecule has 1 aromatic heterocycles. The lowest BCUT2D eigenvalue weighted by Gasteiger charge is -2.17. The lowest BCUT2D eigenvalue weighted by molar-refractivity contribution is 0.131. The number of aromatic nitrogens is 1. The molecule has 1 aromatic carbocycles. The van der Waals surface area contributed by atoms with E-state index in [9.17, 15) is 4.39 Å². The molecule has 2 rings (SSSR count). The molecule has 0 bridgehead atoms. The smallest absolute Gasteiger partial charge is 0.215 e. The fourth-order valence-corrected chi connectivity index (χ4v) is 2.24. The molecule has 0 amide bonds. The zero-order chi connectivity index (χ0) is 21.7. The summed E-state index contributed by atoms with van der Waals surface area (Å²) in [7, 11) is 5.15. The van der Waals surface area contributed by atoms with Gasteiger partial charge in [-0.2, -0.15) is 5.26 Å². The van der Waals surface area contributed by atoms with Crippen LogP contribution in [-0.2, 0) is 4.74 Å². The monoisotopic (exact) mass is 408 g/mol. The molecule has 1 heterocycles. The maximum atomic E-state index is 12.9. The van der Waals surface area contributed by atoms with Crippen molar-refractivity contribution in [2.75, 3.05) is 26.1 Å². The van der Waals surface area contributed by atoms with Crippen molar-refractivity contribution in [1.82, 2.24) is 10.3 Å². The van der Waals surface area contributed by atoms with Crippen molar-refractivity contribution in [1.29, 1.82) is 5.26 Å². The van der Waals surface area contributed by atoms with Crippen LogP contribution in [0.25, 0.3) is 10.9 Å². The number of nitrogens with zero attached hydrogens (tertiary/aromatic N) is 1. The largest absolute Gasteiger partial charge is 0.495 e. The second kappa shape index (κ2) is 12.8. The third kappa shape index (κ3) is 7.22. The average molecular weight is 408 g/mol. The van der Waals surface area contributed by atoms with Crippen molar-refractivity contribution in [3.63, 3.8) is 0 Å². The molecule has 2 atom stereocenters. The van der Waals surface area contributed by atoms with Gasteiger partial charge in [-0.15, -0.1) is 0 Å². The van der Waals surface area contributed by atoms with Gasteiger partial charge in [-0.25, -0.2) is 4.39 Å². The Morgan fingerprint density at radius 2 is 2.14 bits per heavy atom. The highest BCUT2D eigenvalue weighted by Crippen LogP contribution is 2.27. The molecular weight excluding hydrogens is 378 g/mol. The highest BCUT2D eigenvalue weighted by Gasteiger charge is 2.19. The summed E-state index contributed by atoms with van der Waals surface area (Å²) in [6, 6.07) is 6.21. The number of aliphatic hydroxyl groups is 1. The molecule has 2 aromatic rings. The molecule has 0 radical (unpaired) electrons. The number of hydrogen-bond acceptors (Lipinski definition) is 5. The Kier molecular flexibility index (Phi) is 11.6. The van der Waals surface area contributed by atoms with Gasteiger partial charge in [-0.3, -0.25) is 0 Å². The maximum Gasteiger partial charge on any atom is 0.215 e. The number of nitrogens with one attached hydrogen (secondary N) is 3. The first-order chi connectivity index (χ1) is 13.3. The van der Waals surface area contributed by atoms with E-state index in [4.69, 9.17) is 15.1 Å². The van der Waals surface area contributed by atoms with Crippen LogP contribution in [0.4, 0.5) is 10.1 Å². The number of rotatable bonds is 6. The van der Waals surface area contributed by atoms with E-state index in [-0.39, 0.29) is 0 Å². The maximum absolute atomic E-state index is 12.9. The van der Waals surface area contributed by atoms with E-state index >= 15 is 0 Å². The Morgan fingerprint density at radius 3 is 2.61 bits per heavy atom. The fourth-order valence-electron chi connectivity index (χ4n) is 2.15. The van der Waals surface area contributed by atoms with Crippen LogP contribution in [-0.4, -0.2) is 36.4 Å². The number of benzene rings is 1. The summed E-state index contributed by atoms with van der Waals surface area (Å²) in [5.41, 5.74) is 1.94. The van der Waals surface area contributed by atoms with E-state index in [0.29, 0.717) is 11.3 Å². The number of nitriles is 1. The lowest BCUT2D eigenvalue weighted by Crippen LogP contribution is -2.34. The SMILES string of the molecule is C=C/C(=C\NC(F)(P)CO)OC.CC.CNc1ccc(C)c2c(C#N)c[nH]c12. The van der Waals surface area contributed by atoms with E-state index in [1.165, 1.54) is 19.4 Å². The number of aryl methyl sites for hydroxylation is 1. The Labute approximate surface area is 168 Å². The second-order valence-electron chi connectivity index (χ2n) is 5.36. The van der Waals surface area contributed by atoms with Gasteiger partial charge in [-0.05, 0) is 24.6 Å². The van der Waals surface area contributed by atoms with Crippen LogP contribution in [0.1, 0.15) is 25.0 Å². The van der Waals surface area contributed by atoms with E-state index < -0.39 is 12.1 Å². The van der Waals surface area contributed by atoms with Crippen molar-refractivity contribution in [2.45, 2.75) is 26.3 Å². The third-order valence-corrected chi connectivity index (χ3v) is 3.90. The minimum absolute atomic E-state index is 0.396. The first-order valence-electron chi connectivity index (χ1n) is 8.75. The predicted molar refractivity (Wildman–Crippen MR) is 118 cm³/mol. The highest BCUT2D eigenvalue weighted by molar-refractivity contribution is 7.18. The zero-order valence-electron chi connectivity index (χ0n) is 17.1. The van der Waals surface area contributed by atoms with E-state index in [0.717, 1.165) is 22.2 Å². The summed E-state index contributed by atoms with van der Waals surface area (Å²) >= 11 is 0. The lowest BCUT2D eigenvalue weighted by atomic mass is 10.1. The summed E-state index contributed by atoms with van der Waals surface area (Å²) in [5.74, 6) is 0.396. The predicted octanol–water partition coefficient (Wildman–Crippen LogP) is 4.16. The van der Waals surface area contributed by atoms with E-state index in [1.807, 2.05) is 49.2 Å². The minimum atomic E-state index is -1.91. The molecule has 0 fully saturated rings. The van der Waals surface area contributed by atoms with Gasteiger partial charge in [0.05, 0.1) is 30.5 Å². The van der Waals surface area contributed by atoms with Crippen molar-refractivity contribution in [2.24, 2.45) is 0 Å². The molecule has 0 aliphatic heterocycles. The molecule has 154 valence electrons. The number of aliphatic hydroxyl groups excluding tert-OH is 1. The number of allylic oxidation sites excluding steroid dienone is 1.